The van der Waals surface area contributed by atoms with E-state index in [-0.39, 0.29) is 9.62 Å². The molecule has 0 aliphatic carbocycles. The molecule has 0 heterocycles. The maximum Gasteiger partial charge on any atom is 0.0568 e. The van der Waals surface area contributed by atoms with Crippen LogP contribution in [-0.2, 0) is 0 Å². The largest absolute Gasteiger partial charge is 0.322 e. The summed E-state index contributed by atoms with van der Waals surface area (Å²) >= 11 is 3.56. The highest BCUT2D eigenvalue weighted by Gasteiger charge is 2.25. The predicted octanol–water partition coefficient (Wildman–Crippen LogP) is 1.84. The molecule has 0 fully saturated rings. The van der Waals surface area contributed by atoms with Gasteiger partial charge in [0.1, 0.15) is 0 Å². The van der Waals surface area contributed by atoms with Crippen molar-refractivity contribution in [2.45, 2.75) is 37.3 Å². The van der Waals surface area contributed by atoms with Gasteiger partial charge < -0.3 is 11.5 Å². The van der Waals surface area contributed by atoms with Gasteiger partial charge in [-0.25, -0.2) is 0 Å². The fourth-order valence-corrected chi connectivity index (χ4v) is 3.57. The lowest BCUT2D eigenvalue weighted by Crippen LogP contribution is -2.35. The number of hydrogen-bond donors (Lipinski definition) is 2. The molecule has 0 unspecified atom stereocenters. The van der Waals surface area contributed by atoms with Crippen LogP contribution in [0.4, 0.5) is 0 Å². The zero-order chi connectivity index (χ0) is 9.83. The van der Waals surface area contributed by atoms with E-state index in [4.69, 9.17) is 11.5 Å². The topological polar surface area (TPSA) is 52.0 Å². The molecule has 0 amide bonds. The average molecular weight is 208 g/mol. The van der Waals surface area contributed by atoms with E-state index in [2.05, 4.69) is 13.8 Å². The molecule has 4 N–H and O–H groups in total. The second kappa shape index (κ2) is 4.74. The van der Waals surface area contributed by atoms with Crippen LogP contribution in [0.3, 0.4) is 0 Å². The van der Waals surface area contributed by atoms with Crippen molar-refractivity contribution in [3.05, 3.63) is 0 Å². The molecule has 0 atom stereocenters. The van der Waals surface area contributed by atoms with Gasteiger partial charge in [0.05, 0.1) is 4.87 Å². The van der Waals surface area contributed by atoms with Gasteiger partial charge in [-0.15, -0.1) is 23.5 Å². The Kier molecular flexibility index (Phi) is 4.99. The Morgan fingerprint density at radius 2 is 1.67 bits per heavy atom. The quantitative estimate of drug-likeness (QED) is 0.677. The zero-order valence-corrected chi connectivity index (χ0v) is 10.0. The van der Waals surface area contributed by atoms with Gasteiger partial charge in [-0.2, -0.15) is 0 Å². The number of thioether (sulfide) groups is 2. The Morgan fingerprint density at radius 1 is 1.17 bits per heavy atom. The van der Waals surface area contributed by atoms with Crippen molar-refractivity contribution in [2.24, 2.45) is 11.5 Å². The standard InChI is InChI=1S/C8H20N2S2/c1-7(2,5-11-6-9)12-8(3,4)10/h5-6,9-10H2,1-4H3. The van der Waals surface area contributed by atoms with Gasteiger partial charge in [-0.1, -0.05) is 0 Å². The minimum atomic E-state index is -0.154. The summed E-state index contributed by atoms with van der Waals surface area (Å²) in [5, 5.41) is 0. The molecule has 0 rings (SSSR count). The first-order chi connectivity index (χ1) is 5.27. The average Bonchev–Trinajstić information content (AvgIpc) is 1.78. The summed E-state index contributed by atoms with van der Waals surface area (Å²) in [6, 6.07) is 0. The maximum absolute atomic E-state index is 5.92. The van der Waals surface area contributed by atoms with Crippen LogP contribution in [-0.4, -0.2) is 21.2 Å². The summed E-state index contributed by atoms with van der Waals surface area (Å²) in [4.78, 5) is -0.154. The van der Waals surface area contributed by atoms with E-state index in [0.29, 0.717) is 5.88 Å². The Bertz CT molecular complexity index is 130. The second-order valence-corrected chi connectivity index (χ2v) is 7.37. The molecule has 12 heavy (non-hydrogen) atoms. The van der Waals surface area contributed by atoms with Crippen molar-refractivity contribution in [2.75, 3.05) is 11.6 Å². The van der Waals surface area contributed by atoms with Gasteiger partial charge >= 0.3 is 0 Å². The molecular formula is C8H20N2S2. The minimum Gasteiger partial charge on any atom is -0.322 e. The third kappa shape index (κ3) is 7.28. The van der Waals surface area contributed by atoms with Crippen LogP contribution in [0.15, 0.2) is 0 Å². The van der Waals surface area contributed by atoms with E-state index >= 15 is 0 Å². The Hall–Kier alpha value is 0.620. The lowest BCUT2D eigenvalue weighted by molar-refractivity contribution is 0.720. The highest BCUT2D eigenvalue weighted by Crippen LogP contribution is 2.35. The van der Waals surface area contributed by atoms with Crippen molar-refractivity contribution in [3.8, 4) is 0 Å². The van der Waals surface area contributed by atoms with Gasteiger partial charge in [0.25, 0.3) is 0 Å². The van der Waals surface area contributed by atoms with Crippen molar-refractivity contribution in [3.63, 3.8) is 0 Å². The first-order valence-corrected chi connectivity index (χ1v) is 6.01. The number of hydrogen-bond acceptors (Lipinski definition) is 4. The molecule has 2 nitrogen and oxygen atoms in total. The Labute approximate surface area is 84.2 Å². The minimum absolute atomic E-state index is 0.154. The van der Waals surface area contributed by atoms with E-state index in [1.807, 2.05) is 13.8 Å². The van der Waals surface area contributed by atoms with Crippen LogP contribution in [0, 0.1) is 0 Å². The molecule has 0 saturated carbocycles. The van der Waals surface area contributed by atoms with E-state index in [1.165, 1.54) is 0 Å². The van der Waals surface area contributed by atoms with Crippen molar-refractivity contribution < 1.29 is 0 Å². The van der Waals surface area contributed by atoms with E-state index in [9.17, 15) is 0 Å². The third-order valence-corrected chi connectivity index (χ3v) is 3.67. The molecule has 0 spiro atoms. The third-order valence-electron chi connectivity index (χ3n) is 1.11. The smallest absolute Gasteiger partial charge is 0.0568 e. The first-order valence-electron chi connectivity index (χ1n) is 4.04. The van der Waals surface area contributed by atoms with Gasteiger partial charge in [0.2, 0.25) is 0 Å². The zero-order valence-electron chi connectivity index (χ0n) is 8.39. The molecule has 0 aromatic rings. The van der Waals surface area contributed by atoms with Crippen LogP contribution in [0.25, 0.3) is 0 Å². The maximum atomic E-state index is 5.92. The predicted molar refractivity (Wildman–Crippen MR) is 61.4 cm³/mol. The van der Waals surface area contributed by atoms with Crippen LogP contribution < -0.4 is 11.5 Å². The van der Waals surface area contributed by atoms with Crippen LogP contribution in [0.1, 0.15) is 27.7 Å². The van der Waals surface area contributed by atoms with Gasteiger partial charge in [0, 0.05) is 16.4 Å². The SMILES string of the molecule is CC(C)(N)SC(C)(C)CSCN. The highest BCUT2D eigenvalue weighted by atomic mass is 32.2. The molecular weight excluding hydrogens is 188 g/mol. The summed E-state index contributed by atoms with van der Waals surface area (Å²) in [5.41, 5.74) is 11.3. The molecule has 74 valence electrons. The summed E-state index contributed by atoms with van der Waals surface area (Å²) in [5.74, 6) is 1.74. The fraction of sp³-hybridized carbons (Fsp3) is 1.00. The van der Waals surface area contributed by atoms with Gasteiger partial charge in [-0.05, 0) is 27.7 Å². The van der Waals surface area contributed by atoms with Crippen molar-refractivity contribution in [1.29, 1.82) is 0 Å². The molecule has 0 aliphatic heterocycles. The first kappa shape index (κ1) is 12.6. The van der Waals surface area contributed by atoms with Crippen molar-refractivity contribution in [1.82, 2.24) is 0 Å². The molecule has 0 aromatic heterocycles. The Balaban J connectivity index is 3.86. The van der Waals surface area contributed by atoms with Gasteiger partial charge in [0.15, 0.2) is 0 Å². The lowest BCUT2D eigenvalue weighted by Gasteiger charge is -2.31. The molecule has 0 saturated heterocycles. The summed E-state index contributed by atoms with van der Waals surface area (Å²) in [6.07, 6.45) is 0. The highest BCUT2D eigenvalue weighted by molar-refractivity contribution is 8.04. The van der Waals surface area contributed by atoms with Crippen LogP contribution in [0.5, 0.6) is 0 Å². The van der Waals surface area contributed by atoms with Crippen molar-refractivity contribution >= 4 is 23.5 Å². The van der Waals surface area contributed by atoms with E-state index in [0.717, 1.165) is 5.75 Å². The summed E-state index contributed by atoms with van der Waals surface area (Å²) in [6.45, 7) is 8.48. The van der Waals surface area contributed by atoms with E-state index < -0.39 is 0 Å². The Morgan fingerprint density at radius 3 is 2.00 bits per heavy atom. The molecule has 0 aromatic carbocycles. The lowest BCUT2D eigenvalue weighted by atomic mass is 10.2. The number of rotatable bonds is 5. The molecule has 0 radical (unpaired) electrons. The van der Waals surface area contributed by atoms with Gasteiger partial charge in [-0.3, -0.25) is 0 Å². The number of nitrogens with two attached hydrogens (primary N) is 2. The molecule has 0 bridgehead atoms. The normalized spacial score (nSPS) is 13.5. The monoisotopic (exact) mass is 208 g/mol. The van der Waals surface area contributed by atoms with E-state index in [1.54, 1.807) is 23.5 Å². The summed E-state index contributed by atoms with van der Waals surface area (Å²) in [7, 11) is 0. The van der Waals surface area contributed by atoms with Crippen LogP contribution in [0.2, 0.25) is 0 Å². The molecule has 0 aliphatic rings. The fourth-order valence-electron chi connectivity index (χ4n) is 1.05. The van der Waals surface area contributed by atoms with Crippen LogP contribution >= 0.6 is 23.5 Å². The summed E-state index contributed by atoms with van der Waals surface area (Å²) < 4.78 is 0.211. The molecule has 4 heteroatoms. The second-order valence-electron chi connectivity index (χ2n) is 3.98.